The van der Waals surface area contributed by atoms with Gasteiger partial charge in [0.2, 0.25) is 0 Å². The Morgan fingerprint density at radius 2 is 2.36 bits per heavy atom. The molecule has 0 amide bonds. The number of nitrogens with one attached hydrogen (secondary N) is 1. The summed E-state index contributed by atoms with van der Waals surface area (Å²) in [5, 5.41) is 3.05. The summed E-state index contributed by atoms with van der Waals surface area (Å²) < 4.78 is 1.99. The average molecular weight is 150 g/mol. The van der Waals surface area contributed by atoms with Crippen LogP contribution in [0.5, 0.6) is 0 Å². The Labute approximate surface area is 65.0 Å². The highest BCUT2D eigenvalue weighted by molar-refractivity contribution is 5.99. The number of hydrogen-bond acceptors (Lipinski definition) is 2. The minimum atomic E-state index is 0.201. The fraction of sp³-hybridized carbons (Fsp3) is 0.375. The fourth-order valence-electron chi connectivity index (χ4n) is 1.43. The third-order valence-corrected chi connectivity index (χ3v) is 2.08. The van der Waals surface area contributed by atoms with Gasteiger partial charge in [-0.2, -0.15) is 0 Å². The van der Waals surface area contributed by atoms with Crippen molar-refractivity contribution in [1.29, 1.82) is 0 Å². The number of Topliss-reactive ketones (excluding diaryl/α,β-unsaturated/α-hetero) is 1. The molecule has 0 aromatic carbocycles. The maximum atomic E-state index is 11.2. The van der Waals surface area contributed by atoms with Crippen molar-refractivity contribution in [2.45, 2.75) is 6.54 Å². The average Bonchev–Trinajstić information content (AvgIpc) is 2.35. The van der Waals surface area contributed by atoms with E-state index in [0.29, 0.717) is 6.54 Å². The molecule has 0 aliphatic carbocycles. The highest BCUT2D eigenvalue weighted by atomic mass is 16.1. The third-order valence-electron chi connectivity index (χ3n) is 2.08. The molecule has 2 rings (SSSR count). The van der Waals surface area contributed by atoms with Gasteiger partial charge in [0.25, 0.3) is 0 Å². The Morgan fingerprint density at radius 1 is 1.55 bits per heavy atom. The zero-order chi connectivity index (χ0) is 7.84. The number of ketones is 1. The number of carbonyl (C=O) groups is 1. The van der Waals surface area contributed by atoms with Crippen LogP contribution in [0.3, 0.4) is 0 Å². The molecule has 0 atom stereocenters. The lowest BCUT2D eigenvalue weighted by Gasteiger charge is -2.13. The predicted octanol–water partition coefficient (Wildman–Crippen LogP) is 0.311. The number of rotatable bonds is 0. The van der Waals surface area contributed by atoms with Gasteiger partial charge in [0.1, 0.15) is 0 Å². The molecular formula is C8H10N2O. The van der Waals surface area contributed by atoms with E-state index in [1.807, 2.05) is 23.9 Å². The summed E-state index contributed by atoms with van der Waals surface area (Å²) in [4.78, 5) is 11.2. The van der Waals surface area contributed by atoms with E-state index in [2.05, 4.69) is 5.32 Å². The monoisotopic (exact) mass is 150 g/mol. The second-order valence-corrected chi connectivity index (χ2v) is 2.81. The summed E-state index contributed by atoms with van der Waals surface area (Å²) in [6, 6.07) is 1.89. The van der Waals surface area contributed by atoms with Crippen molar-refractivity contribution >= 4 is 5.78 Å². The van der Waals surface area contributed by atoms with Crippen molar-refractivity contribution in [3.8, 4) is 0 Å². The molecule has 0 unspecified atom stereocenters. The molecule has 2 heterocycles. The van der Waals surface area contributed by atoms with Crippen LogP contribution in [0.25, 0.3) is 0 Å². The van der Waals surface area contributed by atoms with Crippen LogP contribution in [0.15, 0.2) is 12.3 Å². The van der Waals surface area contributed by atoms with Gasteiger partial charge in [-0.3, -0.25) is 4.79 Å². The van der Waals surface area contributed by atoms with Crippen LogP contribution in [0.4, 0.5) is 0 Å². The number of nitrogens with zero attached hydrogens (tertiary/aromatic N) is 1. The fourth-order valence-corrected chi connectivity index (χ4v) is 1.43. The first kappa shape index (κ1) is 6.61. The molecule has 3 heteroatoms. The van der Waals surface area contributed by atoms with Crippen molar-refractivity contribution < 1.29 is 4.79 Å². The Hall–Kier alpha value is -1.09. The lowest BCUT2D eigenvalue weighted by Crippen LogP contribution is -2.30. The molecule has 0 bridgehead atoms. The van der Waals surface area contributed by atoms with E-state index in [1.165, 1.54) is 0 Å². The maximum Gasteiger partial charge on any atom is 0.178 e. The molecule has 0 spiro atoms. The van der Waals surface area contributed by atoms with E-state index in [4.69, 9.17) is 0 Å². The van der Waals surface area contributed by atoms with E-state index >= 15 is 0 Å². The van der Waals surface area contributed by atoms with Crippen LogP contribution in [-0.4, -0.2) is 16.9 Å². The van der Waals surface area contributed by atoms with Gasteiger partial charge >= 0.3 is 0 Å². The van der Waals surface area contributed by atoms with Gasteiger partial charge < -0.3 is 9.88 Å². The van der Waals surface area contributed by atoms with Crippen LogP contribution in [0.2, 0.25) is 0 Å². The summed E-state index contributed by atoms with van der Waals surface area (Å²) in [7, 11) is 1.96. The van der Waals surface area contributed by atoms with Crippen molar-refractivity contribution in [2.75, 3.05) is 6.54 Å². The smallest absolute Gasteiger partial charge is 0.178 e. The Balaban J connectivity index is 2.55. The molecule has 3 nitrogen and oxygen atoms in total. The molecule has 1 aromatic heterocycles. The quantitative estimate of drug-likeness (QED) is 0.577. The summed E-state index contributed by atoms with van der Waals surface area (Å²) in [6.07, 6.45) is 1.93. The normalized spacial score (nSPS) is 16.6. The second kappa shape index (κ2) is 2.20. The number of fused-ring (bicyclic) bond motifs is 1. The number of carbonyl (C=O) groups excluding carboxylic acids is 1. The van der Waals surface area contributed by atoms with Crippen LogP contribution in [0.1, 0.15) is 16.1 Å². The molecule has 0 saturated heterocycles. The van der Waals surface area contributed by atoms with Crippen LogP contribution in [0, 0.1) is 0 Å². The topological polar surface area (TPSA) is 34.0 Å². The molecule has 0 fully saturated rings. The minimum Gasteiger partial charge on any atom is -0.353 e. The van der Waals surface area contributed by atoms with Crippen molar-refractivity contribution in [1.82, 2.24) is 9.88 Å². The van der Waals surface area contributed by atoms with Gasteiger partial charge in [0, 0.05) is 31.0 Å². The maximum absolute atomic E-state index is 11.2. The standard InChI is InChI=1S/C8H10N2O/c1-10-3-2-6-7(10)4-9-5-8(6)11/h2-3,9H,4-5H2,1H3. The molecule has 0 radical (unpaired) electrons. The van der Waals surface area contributed by atoms with Crippen molar-refractivity contribution in [2.24, 2.45) is 7.05 Å². The first-order valence-corrected chi connectivity index (χ1v) is 3.67. The second-order valence-electron chi connectivity index (χ2n) is 2.81. The number of hydrogen-bond donors (Lipinski definition) is 1. The molecule has 1 aromatic rings. The molecule has 1 aliphatic rings. The van der Waals surface area contributed by atoms with E-state index < -0.39 is 0 Å². The summed E-state index contributed by atoms with van der Waals surface area (Å²) in [5.74, 6) is 0.201. The van der Waals surface area contributed by atoms with Gasteiger partial charge in [-0.05, 0) is 6.07 Å². The van der Waals surface area contributed by atoms with Crippen LogP contribution >= 0.6 is 0 Å². The minimum absolute atomic E-state index is 0.201. The van der Waals surface area contributed by atoms with E-state index in [1.54, 1.807) is 0 Å². The third kappa shape index (κ3) is 0.886. The molecule has 11 heavy (non-hydrogen) atoms. The van der Waals surface area contributed by atoms with Crippen LogP contribution < -0.4 is 5.32 Å². The van der Waals surface area contributed by atoms with Gasteiger partial charge in [-0.1, -0.05) is 0 Å². The van der Waals surface area contributed by atoms with E-state index in [9.17, 15) is 4.79 Å². The Kier molecular flexibility index (Phi) is 1.32. The van der Waals surface area contributed by atoms with Crippen molar-refractivity contribution in [3.05, 3.63) is 23.5 Å². The summed E-state index contributed by atoms with van der Waals surface area (Å²) in [5.41, 5.74) is 1.98. The van der Waals surface area contributed by atoms with E-state index in [-0.39, 0.29) is 5.78 Å². The van der Waals surface area contributed by atoms with Crippen LogP contribution in [-0.2, 0) is 13.6 Å². The zero-order valence-electron chi connectivity index (χ0n) is 6.42. The molecular weight excluding hydrogens is 140 g/mol. The van der Waals surface area contributed by atoms with E-state index in [0.717, 1.165) is 17.8 Å². The predicted molar refractivity (Wildman–Crippen MR) is 41.5 cm³/mol. The Morgan fingerprint density at radius 3 is 3.09 bits per heavy atom. The molecule has 0 saturated carbocycles. The lowest BCUT2D eigenvalue weighted by molar-refractivity contribution is 0.0981. The van der Waals surface area contributed by atoms with Gasteiger partial charge in [0.05, 0.1) is 6.54 Å². The molecule has 1 N–H and O–H groups in total. The summed E-state index contributed by atoms with van der Waals surface area (Å²) >= 11 is 0. The highest BCUT2D eigenvalue weighted by Gasteiger charge is 2.18. The highest BCUT2D eigenvalue weighted by Crippen LogP contribution is 2.13. The van der Waals surface area contributed by atoms with Crippen molar-refractivity contribution in [3.63, 3.8) is 0 Å². The molecule has 1 aliphatic heterocycles. The zero-order valence-corrected chi connectivity index (χ0v) is 6.42. The SMILES string of the molecule is Cn1ccc2c1CNCC2=O. The van der Waals surface area contributed by atoms with Gasteiger partial charge in [-0.25, -0.2) is 0 Å². The van der Waals surface area contributed by atoms with Gasteiger partial charge in [0.15, 0.2) is 5.78 Å². The lowest BCUT2D eigenvalue weighted by atomic mass is 10.1. The summed E-state index contributed by atoms with van der Waals surface area (Å²) in [6.45, 7) is 1.29. The number of aryl methyl sites for hydroxylation is 1. The molecule has 58 valence electrons. The first-order valence-electron chi connectivity index (χ1n) is 3.67. The largest absolute Gasteiger partial charge is 0.353 e. The number of aromatic nitrogens is 1. The Bertz CT molecular complexity index is 301. The first-order chi connectivity index (χ1) is 5.29. The van der Waals surface area contributed by atoms with Gasteiger partial charge in [-0.15, -0.1) is 0 Å².